The highest BCUT2D eigenvalue weighted by molar-refractivity contribution is 6.17. The number of imide groups is 1. The molecule has 2 heterocycles. The molecule has 0 spiro atoms. The number of hydrogen-bond acceptors (Lipinski definition) is 5. The zero-order chi connectivity index (χ0) is 15.0. The van der Waals surface area contributed by atoms with Gasteiger partial charge < -0.3 is 10.4 Å². The molecule has 1 aromatic carbocycles. The van der Waals surface area contributed by atoms with Crippen LogP contribution in [0.1, 0.15) is 11.1 Å². The first-order valence-corrected chi connectivity index (χ1v) is 6.84. The fraction of sp³-hybridized carbons (Fsp3) is 0.333. The SMILES string of the molecule is CN1Cc2ccc(NC3=CC(=O)N(CCO)C3=O)cc2C1. The Morgan fingerprint density at radius 3 is 2.76 bits per heavy atom. The van der Waals surface area contributed by atoms with Crippen LogP contribution in [0.2, 0.25) is 0 Å². The van der Waals surface area contributed by atoms with E-state index in [4.69, 9.17) is 5.11 Å². The largest absolute Gasteiger partial charge is 0.395 e. The van der Waals surface area contributed by atoms with Gasteiger partial charge in [0.15, 0.2) is 0 Å². The number of anilines is 1. The molecule has 0 radical (unpaired) electrons. The van der Waals surface area contributed by atoms with Gasteiger partial charge in [-0.1, -0.05) is 6.07 Å². The molecule has 2 N–H and O–H groups in total. The molecule has 6 heteroatoms. The molecular weight excluding hydrogens is 270 g/mol. The standard InChI is InChI=1S/C15H17N3O3/c1-17-8-10-2-3-12(6-11(10)9-17)16-13-7-14(20)18(4-5-19)15(13)21/h2-3,6-7,16,19H,4-5,8-9H2,1H3. The van der Waals surface area contributed by atoms with Crippen molar-refractivity contribution in [2.45, 2.75) is 13.1 Å². The Kier molecular flexibility index (Phi) is 3.48. The maximum absolute atomic E-state index is 12.1. The number of carbonyl (C=O) groups excluding carboxylic acids is 2. The van der Waals surface area contributed by atoms with Crippen molar-refractivity contribution in [3.63, 3.8) is 0 Å². The number of amides is 2. The summed E-state index contributed by atoms with van der Waals surface area (Å²) in [4.78, 5) is 27.0. The van der Waals surface area contributed by atoms with E-state index < -0.39 is 11.8 Å². The summed E-state index contributed by atoms with van der Waals surface area (Å²) in [5, 5.41) is 11.9. The maximum atomic E-state index is 12.1. The van der Waals surface area contributed by atoms with Crippen LogP contribution in [-0.2, 0) is 22.7 Å². The summed E-state index contributed by atoms with van der Waals surface area (Å²) in [7, 11) is 2.06. The maximum Gasteiger partial charge on any atom is 0.277 e. The van der Waals surface area contributed by atoms with Gasteiger partial charge in [0.1, 0.15) is 5.70 Å². The van der Waals surface area contributed by atoms with Crippen LogP contribution in [0.4, 0.5) is 5.69 Å². The molecule has 3 rings (SSSR count). The van der Waals surface area contributed by atoms with Crippen molar-refractivity contribution in [3.05, 3.63) is 41.1 Å². The zero-order valence-corrected chi connectivity index (χ0v) is 11.8. The molecule has 6 nitrogen and oxygen atoms in total. The molecular formula is C15H17N3O3. The van der Waals surface area contributed by atoms with Crippen LogP contribution >= 0.6 is 0 Å². The summed E-state index contributed by atoms with van der Waals surface area (Å²) < 4.78 is 0. The van der Waals surface area contributed by atoms with Crippen molar-refractivity contribution in [2.75, 3.05) is 25.5 Å². The average molecular weight is 287 g/mol. The number of β-amino-alcohol motifs (C(OH)–C–C–N with tert-alkyl or cyclic N) is 1. The van der Waals surface area contributed by atoms with Gasteiger partial charge in [-0.2, -0.15) is 0 Å². The molecule has 0 saturated carbocycles. The Hall–Kier alpha value is -2.18. The van der Waals surface area contributed by atoms with Crippen molar-refractivity contribution in [1.29, 1.82) is 0 Å². The summed E-state index contributed by atoms with van der Waals surface area (Å²) >= 11 is 0. The van der Waals surface area contributed by atoms with E-state index in [1.54, 1.807) is 0 Å². The molecule has 2 aliphatic heterocycles. The molecule has 0 saturated heterocycles. The van der Waals surface area contributed by atoms with E-state index in [1.807, 2.05) is 18.2 Å². The fourth-order valence-electron chi connectivity index (χ4n) is 2.71. The van der Waals surface area contributed by atoms with E-state index in [1.165, 1.54) is 17.2 Å². The summed E-state index contributed by atoms with van der Waals surface area (Å²) in [6.07, 6.45) is 1.28. The van der Waals surface area contributed by atoms with Crippen molar-refractivity contribution in [3.8, 4) is 0 Å². The molecule has 110 valence electrons. The average Bonchev–Trinajstić information content (AvgIpc) is 2.93. The highest BCUT2D eigenvalue weighted by Crippen LogP contribution is 2.26. The monoisotopic (exact) mass is 287 g/mol. The second-order valence-corrected chi connectivity index (χ2v) is 5.36. The van der Waals surface area contributed by atoms with Crippen LogP contribution < -0.4 is 5.32 Å². The van der Waals surface area contributed by atoms with E-state index in [-0.39, 0.29) is 18.8 Å². The van der Waals surface area contributed by atoms with Gasteiger partial charge in [-0.15, -0.1) is 0 Å². The number of benzene rings is 1. The number of rotatable bonds is 4. The van der Waals surface area contributed by atoms with E-state index in [0.29, 0.717) is 0 Å². The number of nitrogens with zero attached hydrogens (tertiary/aromatic N) is 2. The smallest absolute Gasteiger partial charge is 0.277 e. The Morgan fingerprint density at radius 1 is 1.24 bits per heavy atom. The van der Waals surface area contributed by atoms with E-state index in [9.17, 15) is 9.59 Å². The molecule has 2 aliphatic rings. The lowest BCUT2D eigenvalue weighted by Crippen LogP contribution is -2.34. The van der Waals surface area contributed by atoms with Crippen molar-refractivity contribution >= 4 is 17.5 Å². The Balaban J connectivity index is 1.76. The quantitative estimate of drug-likeness (QED) is 0.779. The summed E-state index contributed by atoms with van der Waals surface area (Å²) in [6, 6.07) is 5.95. The van der Waals surface area contributed by atoms with Gasteiger partial charge >= 0.3 is 0 Å². The molecule has 0 atom stereocenters. The third kappa shape index (κ3) is 2.55. The molecule has 2 amide bonds. The molecule has 1 aromatic rings. The number of aliphatic hydroxyl groups is 1. The van der Waals surface area contributed by atoms with Gasteiger partial charge in [-0.05, 0) is 30.3 Å². The van der Waals surface area contributed by atoms with E-state index in [0.717, 1.165) is 23.7 Å². The number of nitrogens with one attached hydrogen (secondary N) is 1. The van der Waals surface area contributed by atoms with Gasteiger partial charge in [0.05, 0.1) is 13.2 Å². The topological polar surface area (TPSA) is 72.9 Å². The minimum Gasteiger partial charge on any atom is -0.395 e. The van der Waals surface area contributed by atoms with Crippen LogP contribution in [0.25, 0.3) is 0 Å². The van der Waals surface area contributed by atoms with E-state index >= 15 is 0 Å². The lowest BCUT2D eigenvalue weighted by Gasteiger charge is -2.13. The molecule has 0 bridgehead atoms. The predicted molar refractivity (Wildman–Crippen MR) is 77.1 cm³/mol. The highest BCUT2D eigenvalue weighted by atomic mass is 16.3. The van der Waals surface area contributed by atoms with Crippen LogP contribution in [-0.4, -0.2) is 46.9 Å². The van der Waals surface area contributed by atoms with E-state index in [2.05, 4.69) is 17.3 Å². The second-order valence-electron chi connectivity index (χ2n) is 5.36. The summed E-state index contributed by atoms with van der Waals surface area (Å²) in [5.74, 6) is -0.788. The first-order valence-electron chi connectivity index (χ1n) is 6.84. The second kappa shape index (κ2) is 5.31. The van der Waals surface area contributed by atoms with Crippen LogP contribution in [0, 0.1) is 0 Å². The van der Waals surface area contributed by atoms with Gasteiger partial charge in [0, 0.05) is 24.9 Å². The molecule has 0 fully saturated rings. The first-order chi connectivity index (χ1) is 10.1. The zero-order valence-electron chi connectivity index (χ0n) is 11.8. The van der Waals surface area contributed by atoms with Crippen LogP contribution in [0.5, 0.6) is 0 Å². The van der Waals surface area contributed by atoms with Gasteiger partial charge in [-0.3, -0.25) is 19.4 Å². The summed E-state index contributed by atoms with van der Waals surface area (Å²) in [6.45, 7) is 1.60. The van der Waals surface area contributed by atoms with Crippen LogP contribution in [0.15, 0.2) is 30.0 Å². The van der Waals surface area contributed by atoms with Crippen molar-refractivity contribution in [2.24, 2.45) is 0 Å². The lowest BCUT2D eigenvalue weighted by molar-refractivity contribution is -0.137. The lowest BCUT2D eigenvalue weighted by atomic mass is 10.1. The number of carbonyl (C=O) groups is 2. The predicted octanol–water partition coefficient (Wildman–Crippen LogP) is 0.289. The molecule has 0 unspecified atom stereocenters. The fourth-order valence-corrected chi connectivity index (χ4v) is 2.71. The van der Waals surface area contributed by atoms with Gasteiger partial charge in [0.2, 0.25) is 0 Å². The number of fused-ring (bicyclic) bond motifs is 1. The highest BCUT2D eigenvalue weighted by Gasteiger charge is 2.30. The Labute approximate surface area is 122 Å². The van der Waals surface area contributed by atoms with Gasteiger partial charge in [-0.25, -0.2) is 0 Å². The number of hydrogen-bond donors (Lipinski definition) is 2. The molecule has 0 aromatic heterocycles. The van der Waals surface area contributed by atoms with Crippen molar-refractivity contribution < 1.29 is 14.7 Å². The van der Waals surface area contributed by atoms with Crippen molar-refractivity contribution in [1.82, 2.24) is 9.80 Å². The first kappa shape index (κ1) is 13.8. The normalized spacial score (nSPS) is 18.2. The minimum atomic E-state index is -0.397. The Bertz CT molecular complexity index is 639. The Morgan fingerprint density at radius 2 is 2.00 bits per heavy atom. The third-order valence-electron chi connectivity index (χ3n) is 3.70. The molecule has 21 heavy (non-hydrogen) atoms. The van der Waals surface area contributed by atoms with Gasteiger partial charge in [0.25, 0.3) is 11.8 Å². The van der Waals surface area contributed by atoms with Crippen LogP contribution in [0.3, 0.4) is 0 Å². The third-order valence-corrected chi connectivity index (χ3v) is 3.70. The molecule has 0 aliphatic carbocycles. The number of aliphatic hydroxyl groups excluding tert-OH is 1. The summed E-state index contributed by atoms with van der Waals surface area (Å²) in [5.41, 5.74) is 3.56. The minimum absolute atomic E-state index is 0.0222.